The highest BCUT2D eigenvalue weighted by Gasteiger charge is 2.21. The van der Waals surface area contributed by atoms with Crippen LogP contribution < -0.4 is 5.32 Å². The highest BCUT2D eigenvalue weighted by molar-refractivity contribution is 5.24. The molecule has 1 N–H and O–H groups in total. The van der Waals surface area contributed by atoms with Crippen molar-refractivity contribution in [2.75, 3.05) is 6.54 Å². The molecule has 1 aromatic heterocycles. The molecule has 0 unspecified atom stereocenters. The van der Waals surface area contributed by atoms with E-state index in [0.29, 0.717) is 0 Å². The van der Waals surface area contributed by atoms with Crippen LogP contribution in [-0.4, -0.2) is 21.9 Å². The van der Waals surface area contributed by atoms with Crippen LogP contribution in [0.3, 0.4) is 0 Å². The second-order valence-corrected chi connectivity index (χ2v) is 6.85. The summed E-state index contributed by atoms with van der Waals surface area (Å²) >= 11 is 0. The Kier molecular flexibility index (Phi) is 4.03. The number of nitrogens with zero attached hydrogens (tertiary/aromatic N) is 2. The Morgan fingerprint density at radius 3 is 2.24 bits per heavy atom. The molecule has 0 saturated carbocycles. The van der Waals surface area contributed by atoms with Crippen LogP contribution in [-0.2, 0) is 18.9 Å². The fraction of sp³-hybridized carbons (Fsp3) is 0.786. The van der Waals surface area contributed by atoms with Gasteiger partial charge in [-0.2, -0.15) is 5.10 Å². The Morgan fingerprint density at radius 2 is 1.76 bits per heavy atom. The SMILES string of the molecule is Cn1cc(CCNC(C)(C)C)c(C(C)(C)C)n1. The van der Waals surface area contributed by atoms with Crippen LogP contribution in [0.5, 0.6) is 0 Å². The van der Waals surface area contributed by atoms with E-state index in [1.165, 1.54) is 11.3 Å². The largest absolute Gasteiger partial charge is 0.312 e. The van der Waals surface area contributed by atoms with Crippen molar-refractivity contribution in [2.45, 2.75) is 58.9 Å². The quantitative estimate of drug-likeness (QED) is 0.876. The van der Waals surface area contributed by atoms with Crippen molar-refractivity contribution in [1.29, 1.82) is 0 Å². The van der Waals surface area contributed by atoms with Gasteiger partial charge in [0.25, 0.3) is 0 Å². The predicted molar refractivity (Wildman–Crippen MR) is 73.4 cm³/mol. The molecule has 0 atom stereocenters. The molecule has 0 aliphatic heterocycles. The fourth-order valence-electron chi connectivity index (χ4n) is 1.92. The first-order chi connectivity index (χ1) is 7.59. The molecule has 1 rings (SSSR count). The summed E-state index contributed by atoms with van der Waals surface area (Å²) in [6.07, 6.45) is 3.18. The lowest BCUT2D eigenvalue weighted by Gasteiger charge is -2.21. The van der Waals surface area contributed by atoms with E-state index in [-0.39, 0.29) is 11.0 Å². The Bertz CT molecular complexity index is 364. The predicted octanol–water partition coefficient (Wildman–Crippen LogP) is 2.65. The van der Waals surface area contributed by atoms with E-state index in [0.717, 1.165) is 13.0 Å². The van der Waals surface area contributed by atoms with Gasteiger partial charge in [0.1, 0.15) is 0 Å². The minimum atomic E-state index is 0.123. The van der Waals surface area contributed by atoms with Crippen LogP contribution in [0.1, 0.15) is 52.8 Å². The third-order valence-corrected chi connectivity index (χ3v) is 2.66. The van der Waals surface area contributed by atoms with Gasteiger partial charge in [0.15, 0.2) is 0 Å². The van der Waals surface area contributed by atoms with E-state index in [1.807, 2.05) is 11.7 Å². The van der Waals surface area contributed by atoms with E-state index in [1.54, 1.807) is 0 Å². The molecule has 0 amide bonds. The summed E-state index contributed by atoms with van der Waals surface area (Å²) in [7, 11) is 2.00. The van der Waals surface area contributed by atoms with Crippen molar-refractivity contribution in [3.8, 4) is 0 Å². The molecular formula is C14H27N3. The fourth-order valence-corrected chi connectivity index (χ4v) is 1.92. The average Bonchev–Trinajstić information content (AvgIpc) is 2.43. The van der Waals surface area contributed by atoms with Crippen molar-refractivity contribution < 1.29 is 0 Å². The van der Waals surface area contributed by atoms with Gasteiger partial charge in [-0.05, 0) is 39.3 Å². The molecular weight excluding hydrogens is 210 g/mol. The zero-order valence-corrected chi connectivity index (χ0v) is 12.4. The first-order valence-electron chi connectivity index (χ1n) is 6.37. The maximum absolute atomic E-state index is 4.59. The molecule has 17 heavy (non-hydrogen) atoms. The van der Waals surface area contributed by atoms with Crippen LogP contribution in [0.15, 0.2) is 6.20 Å². The molecule has 0 spiro atoms. The van der Waals surface area contributed by atoms with Gasteiger partial charge in [0, 0.05) is 24.2 Å². The van der Waals surface area contributed by atoms with Gasteiger partial charge in [0.2, 0.25) is 0 Å². The van der Waals surface area contributed by atoms with Gasteiger partial charge in [-0.25, -0.2) is 0 Å². The Balaban J connectivity index is 2.71. The van der Waals surface area contributed by atoms with E-state index >= 15 is 0 Å². The summed E-state index contributed by atoms with van der Waals surface area (Å²) in [4.78, 5) is 0. The molecule has 98 valence electrons. The number of aryl methyl sites for hydroxylation is 1. The summed E-state index contributed by atoms with van der Waals surface area (Å²) in [5, 5.41) is 8.11. The lowest BCUT2D eigenvalue weighted by Crippen LogP contribution is -2.37. The van der Waals surface area contributed by atoms with E-state index < -0.39 is 0 Å². The summed E-state index contributed by atoms with van der Waals surface area (Å²) in [6, 6.07) is 0. The van der Waals surface area contributed by atoms with Crippen LogP contribution >= 0.6 is 0 Å². The third kappa shape index (κ3) is 4.50. The van der Waals surface area contributed by atoms with Crippen LogP contribution in [0, 0.1) is 0 Å². The monoisotopic (exact) mass is 237 g/mol. The molecule has 0 radical (unpaired) electrons. The molecule has 0 aliphatic rings. The normalized spacial score (nSPS) is 13.1. The Hall–Kier alpha value is -0.830. The van der Waals surface area contributed by atoms with Gasteiger partial charge in [0.05, 0.1) is 5.69 Å². The molecule has 3 nitrogen and oxygen atoms in total. The van der Waals surface area contributed by atoms with Gasteiger partial charge in [-0.15, -0.1) is 0 Å². The van der Waals surface area contributed by atoms with E-state index in [9.17, 15) is 0 Å². The number of aromatic nitrogens is 2. The molecule has 0 saturated heterocycles. The number of hydrogen-bond acceptors (Lipinski definition) is 2. The van der Waals surface area contributed by atoms with Gasteiger partial charge < -0.3 is 5.32 Å². The summed E-state index contributed by atoms with van der Waals surface area (Å²) in [5.74, 6) is 0. The second-order valence-electron chi connectivity index (χ2n) is 6.85. The van der Waals surface area contributed by atoms with E-state index in [2.05, 4.69) is 58.2 Å². The zero-order valence-electron chi connectivity index (χ0n) is 12.4. The van der Waals surface area contributed by atoms with Crippen LogP contribution in [0.4, 0.5) is 0 Å². The minimum absolute atomic E-state index is 0.123. The van der Waals surface area contributed by atoms with Crippen molar-refractivity contribution >= 4 is 0 Å². The third-order valence-electron chi connectivity index (χ3n) is 2.66. The average molecular weight is 237 g/mol. The topological polar surface area (TPSA) is 29.9 Å². The number of hydrogen-bond donors (Lipinski definition) is 1. The van der Waals surface area contributed by atoms with Crippen molar-refractivity contribution in [1.82, 2.24) is 15.1 Å². The maximum Gasteiger partial charge on any atom is 0.0710 e. The van der Waals surface area contributed by atoms with Crippen LogP contribution in [0.25, 0.3) is 0 Å². The van der Waals surface area contributed by atoms with E-state index in [4.69, 9.17) is 0 Å². The summed E-state index contributed by atoms with van der Waals surface area (Å²) in [5.41, 5.74) is 2.88. The minimum Gasteiger partial charge on any atom is -0.312 e. The van der Waals surface area contributed by atoms with Crippen LogP contribution in [0.2, 0.25) is 0 Å². The lowest BCUT2D eigenvalue weighted by atomic mass is 9.89. The number of rotatable bonds is 3. The lowest BCUT2D eigenvalue weighted by molar-refractivity contribution is 0.428. The smallest absolute Gasteiger partial charge is 0.0710 e. The summed E-state index contributed by atoms with van der Waals surface area (Å²) < 4.78 is 1.92. The highest BCUT2D eigenvalue weighted by Crippen LogP contribution is 2.24. The Labute approximate surface area is 106 Å². The molecule has 0 fully saturated rings. The van der Waals surface area contributed by atoms with Gasteiger partial charge in [-0.3, -0.25) is 4.68 Å². The van der Waals surface area contributed by atoms with Crippen molar-refractivity contribution in [2.24, 2.45) is 7.05 Å². The molecule has 0 aliphatic carbocycles. The van der Waals surface area contributed by atoms with Gasteiger partial charge >= 0.3 is 0 Å². The zero-order chi connectivity index (χ0) is 13.3. The summed E-state index contributed by atoms with van der Waals surface area (Å²) in [6.45, 7) is 14.2. The molecule has 0 aromatic carbocycles. The first-order valence-corrected chi connectivity index (χ1v) is 6.37. The molecule has 0 bridgehead atoms. The van der Waals surface area contributed by atoms with Crippen molar-refractivity contribution in [3.05, 3.63) is 17.5 Å². The molecule has 3 heteroatoms. The second kappa shape index (κ2) is 4.81. The molecule has 1 heterocycles. The highest BCUT2D eigenvalue weighted by atomic mass is 15.3. The maximum atomic E-state index is 4.59. The number of nitrogens with one attached hydrogen (secondary N) is 1. The van der Waals surface area contributed by atoms with Gasteiger partial charge in [-0.1, -0.05) is 20.8 Å². The Morgan fingerprint density at radius 1 is 1.18 bits per heavy atom. The molecule has 1 aromatic rings. The first kappa shape index (κ1) is 14.2. The standard InChI is InChI=1S/C14H27N3/c1-13(2,3)12-11(10-17(7)16-12)8-9-15-14(4,5)6/h10,15H,8-9H2,1-7H3. The van der Waals surface area contributed by atoms with Crippen molar-refractivity contribution in [3.63, 3.8) is 0 Å².